The molecule has 0 radical (unpaired) electrons. The minimum Gasteiger partial charge on any atom is -0.465 e. The van der Waals surface area contributed by atoms with E-state index >= 15 is 0 Å². The molecule has 2 heterocycles. The first-order valence-electron chi connectivity index (χ1n) is 4.88. The molecule has 1 aromatic heterocycles. The first kappa shape index (κ1) is 8.63. The summed E-state index contributed by atoms with van der Waals surface area (Å²) in [4.78, 5) is 12.2. The molecule has 15 heavy (non-hydrogen) atoms. The SMILES string of the molecule is Cn1nnnc1C1C2CN(C(=O)O)CC21. The van der Waals surface area contributed by atoms with Gasteiger partial charge in [-0.1, -0.05) is 0 Å². The smallest absolute Gasteiger partial charge is 0.407 e. The van der Waals surface area contributed by atoms with Crippen molar-refractivity contribution in [1.82, 2.24) is 25.1 Å². The van der Waals surface area contributed by atoms with Crippen molar-refractivity contribution in [2.24, 2.45) is 18.9 Å². The zero-order chi connectivity index (χ0) is 10.6. The molecule has 2 fully saturated rings. The number of nitrogens with zero attached hydrogens (tertiary/aromatic N) is 5. The number of carbonyl (C=O) groups is 1. The zero-order valence-electron chi connectivity index (χ0n) is 8.24. The molecule has 1 aromatic rings. The Morgan fingerprint density at radius 1 is 1.47 bits per heavy atom. The summed E-state index contributed by atoms with van der Waals surface area (Å²) >= 11 is 0. The lowest BCUT2D eigenvalue weighted by molar-refractivity contribution is 0.149. The number of tetrazole rings is 1. The third-order valence-corrected chi connectivity index (χ3v) is 3.42. The lowest BCUT2D eigenvalue weighted by atomic mass is 10.2. The number of rotatable bonds is 1. The van der Waals surface area contributed by atoms with Crippen LogP contribution in [0.1, 0.15) is 11.7 Å². The van der Waals surface area contributed by atoms with Crippen LogP contribution >= 0.6 is 0 Å². The Morgan fingerprint density at radius 2 is 2.13 bits per heavy atom. The van der Waals surface area contributed by atoms with Gasteiger partial charge in [-0.2, -0.15) is 0 Å². The highest BCUT2D eigenvalue weighted by atomic mass is 16.4. The summed E-state index contributed by atoms with van der Waals surface area (Å²) in [6, 6.07) is 0. The van der Waals surface area contributed by atoms with Gasteiger partial charge in [-0.25, -0.2) is 9.48 Å². The second-order valence-corrected chi connectivity index (χ2v) is 4.20. The Labute approximate surface area is 85.7 Å². The molecule has 0 bridgehead atoms. The van der Waals surface area contributed by atoms with Crippen LogP contribution in [0.3, 0.4) is 0 Å². The number of amides is 1. The fourth-order valence-electron chi connectivity index (χ4n) is 2.58. The molecule has 1 aliphatic carbocycles. The molecular formula is C8H11N5O2. The highest BCUT2D eigenvalue weighted by Gasteiger charge is 2.59. The Balaban J connectivity index is 1.73. The number of hydrogen-bond donors (Lipinski definition) is 1. The van der Waals surface area contributed by atoms with Crippen molar-refractivity contribution in [2.45, 2.75) is 5.92 Å². The third-order valence-electron chi connectivity index (χ3n) is 3.42. The molecule has 1 aliphatic heterocycles. The van der Waals surface area contributed by atoms with Crippen LogP contribution < -0.4 is 0 Å². The van der Waals surface area contributed by atoms with Gasteiger partial charge in [0.2, 0.25) is 0 Å². The molecule has 1 N–H and O–H groups in total. The number of aromatic nitrogens is 4. The van der Waals surface area contributed by atoms with Gasteiger partial charge < -0.3 is 10.0 Å². The van der Waals surface area contributed by atoms with Gasteiger partial charge in [0.25, 0.3) is 0 Å². The van der Waals surface area contributed by atoms with Crippen molar-refractivity contribution < 1.29 is 9.90 Å². The monoisotopic (exact) mass is 209 g/mol. The van der Waals surface area contributed by atoms with Gasteiger partial charge in [0, 0.05) is 26.1 Å². The summed E-state index contributed by atoms with van der Waals surface area (Å²) in [5.74, 6) is 2.09. The molecule has 1 saturated carbocycles. The Hall–Kier alpha value is -1.66. The van der Waals surface area contributed by atoms with Gasteiger partial charge in [0.05, 0.1) is 0 Å². The molecule has 2 atom stereocenters. The van der Waals surface area contributed by atoms with Crippen LogP contribution in [0, 0.1) is 11.8 Å². The van der Waals surface area contributed by atoms with Crippen molar-refractivity contribution in [3.8, 4) is 0 Å². The van der Waals surface area contributed by atoms with Crippen LogP contribution in [0.5, 0.6) is 0 Å². The van der Waals surface area contributed by atoms with Crippen molar-refractivity contribution in [3.05, 3.63) is 5.82 Å². The highest BCUT2D eigenvalue weighted by Crippen LogP contribution is 2.57. The van der Waals surface area contributed by atoms with E-state index in [0.29, 0.717) is 30.8 Å². The quantitative estimate of drug-likeness (QED) is 0.676. The van der Waals surface area contributed by atoms with Crippen LogP contribution in [0.4, 0.5) is 4.79 Å². The second-order valence-electron chi connectivity index (χ2n) is 4.20. The molecule has 80 valence electrons. The normalized spacial score (nSPS) is 32.9. The fourth-order valence-corrected chi connectivity index (χ4v) is 2.58. The average Bonchev–Trinajstić information content (AvgIpc) is 2.63. The van der Waals surface area contributed by atoms with Crippen LogP contribution in [-0.2, 0) is 7.05 Å². The summed E-state index contributed by atoms with van der Waals surface area (Å²) in [6.07, 6.45) is -0.822. The standard InChI is InChI=1S/C8H11N5O2/c1-12-7(9-10-11-12)6-4-2-13(8(14)15)3-5(4)6/h4-6H,2-3H2,1H3,(H,14,15). The van der Waals surface area contributed by atoms with Crippen LogP contribution in [0.25, 0.3) is 0 Å². The van der Waals surface area contributed by atoms with Crippen LogP contribution in [0.15, 0.2) is 0 Å². The lowest BCUT2D eigenvalue weighted by Crippen LogP contribution is -2.29. The highest BCUT2D eigenvalue weighted by molar-refractivity contribution is 5.66. The Morgan fingerprint density at radius 3 is 2.60 bits per heavy atom. The summed E-state index contributed by atoms with van der Waals surface area (Å²) in [6.45, 7) is 1.25. The molecule has 1 saturated heterocycles. The van der Waals surface area contributed by atoms with E-state index in [-0.39, 0.29) is 0 Å². The van der Waals surface area contributed by atoms with Crippen molar-refractivity contribution in [2.75, 3.05) is 13.1 Å². The molecule has 2 aliphatic rings. The zero-order valence-corrected chi connectivity index (χ0v) is 8.24. The lowest BCUT2D eigenvalue weighted by Gasteiger charge is -2.14. The number of aryl methyl sites for hydroxylation is 1. The predicted octanol–water partition coefficient (Wildman–Crippen LogP) is -0.467. The van der Waals surface area contributed by atoms with Gasteiger partial charge in [-0.3, -0.25) is 0 Å². The maximum absolute atomic E-state index is 10.7. The van der Waals surface area contributed by atoms with Crippen molar-refractivity contribution >= 4 is 6.09 Å². The van der Waals surface area contributed by atoms with E-state index in [2.05, 4.69) is 15.5 Å². The minimum atomic E-state index is -0.822. The Kier molecular flexibility index (Phi) is 1.54. The van der Waals surface area contributed by atoms with Gasteiger partial charge >= 0.3 is 6.09 Å². The van der Waals surface area contributed by atoms with Gasteiger partial charge in [0.1, 0.15) is 0 Å². The molecule has 0 spiro atoms. The van der Waals surface area contributed by atoms with E-state index in [4.69, 9.17) is 5.11 Å². The largest absolute Gasteiger partial charge is 0.465 e. The average molecular weight is 209 g/mol. The molecule has 1 amide bonds. The van der Waals surface area contributed by atoms with Crippen molar-refractivity contribution in [1.29, 1.82) is 0 Å². The molecular weight excluding hydrogens is 198 g/mol. The number of piperidine rings is 1. The van der Waals surface area contributed by atoms with E-state index < -0.39 is 6.09 Å². The van der Waals surface area contributed by atoms with Gasteiger partial charge in [-0.05, 0) is 22.3 Å². The molecule has 7 heteroatoms. The Bertz CT molecular complexity index is 405. The fraction of sp³-hybridized carbons (Fsp3) is 0.750. The first-order chi connectivity index (χ1) is 7.18. The van der Waals surface area contributed by atoms with Crippen LogP contribution in [0.2, 0.25) is 0 Å². The summed E-state index contributed by atoms with van der Waals surface area (Å²) in [5.41, 5.74) is 0. The van der Waals surface area contributed by atoms with E-state index in [0.717, 1.165) is 5.82 Å². The number of hydrogen-bond acceptors (Lipinski definition) is 4. The summed E-state index contributed by atoms with van der Waals surface area (Å²) < 4.78 is 1.67. The summed E-state index contributed by atoms with van der Waals surface area (Å²) in [5, 5.41) is 20.2. The molecule has 7 nitrogen and oxygen atoms in total. The van der Waals surface area contributed by atoms with Crippen molar-refractivity contribution in [3.63, 3.8) is 0 Å². The maximum atomic E-state index is 10.7. The predicted molar refractivity (Wildman–Crippen MR) is 48.1 cm³/mol. The van der Waals surface area contributed by atoms with E-state index in [1.54, 1.807) is 4.68 Å². The van der Waals surface area contributed by atoms with Gasteiger partial charge in [0.15, 0.2) is 5.82 Å². The third kappa shape index (κ3) is 1.12. The first-order valence-corrected chi connectivity index (χ1v) is 4.88. The maximum Gasteiger partial charge on any atom is 0.407 e. The number of fused-ring (bicyclic) bond motifs is 1. The van der Waals surface area contributed by atoms with E-state index in [1.807, 2.05) is 7.05 Å². The van der Waals surface area contributed by atoms with E-state index in [1.165, 1.54) is 4.90 Å². The number of likely N-dealkylation sites (tertiary alicyclic amines) is 1. The van der Waals surface area contributed by atoms with E-state index in [9.17, 15) is 4.79 Å². The summed E-state index contributed by atoms with van der Waals surface area (Å²) in [7, 11) is 1.82. The molecule has 0 aromatic carbocycles. The second kappa shape index (κ2) is 2.68. The number of carboxylic acid groups (broad SMARTS) is 1. The molecule has 2 unspecified atom stereocenters. The topological polar surface area (TPSA) is 84.1 Å². The minimum absolute atomic E-state index is 0.362. The van der Waals surface area contributed by atoms with Crippen LogP contribution in [-0.4, -0.2) is 49.4 Å². The molecule has 3 rings (SSSR count). The van der Waals surface area contributed by atoms with Gasteiger partial charge in [-0.15, -0.1) is 5.10 Å².